The van der Waals surface area contributed by atoms with Crippen LogP contribution in [0.4, 0.5) is 0 Å². The second-order valence-electron chi connectivity index (χ2n) is 3.74. The first-order chi connectivity index (χ1) is 8.27. The topological polar surface area (TPSA) is 44.5 Å². The lowest BCUT2D eigenvalue weighted by Gasteiger charge is -2.12. The highest BCUT2D eigenvalue weighted by Gasteiger charge is 2.04. The number of hydrogen-bond acceptors (Lipinski definition) is 3. The molecule has 0 aromatic heterocycles. The summed E-state index contributed by atoms with van der Waals surface area (Å²) in [5.74, 6) is 5.90. The lowest BCUT2D eigenvalue weighted by molar-refractivity contribution is -0.000192. The highest BCUT2D eigenvalue weighted by Crippen LogP contribution is 2.10. The highest BCUT2D eigenvalue weighted by molar-refractivity contribution is 5.41. The van der Waals surface area contributed by atoms with Gasteiger partial charge in [-0.05, 0) is 18.6 Å². The van der Waals surface area contributed by atoms with E-state index in [1.165, 1.54) is 0 Å². The van der Waals surface area contributed by atoms with E-state index in [4.69, 9.17) is 15.2 Å². The molecule has 3 heteroatoms. The Hall–Kier alpha value is -1.34. The van der Waals surface area contributed by atoms with Gasteiger partial charge >= 0.3 is 0 Å². The number of nitrogens with two attached hydrogens (primary N) is 1. The molecule has 0 fully saturated rings. The molecule has 0 amide bonds. The predicted octanol–water partition coefficient (Wildman–Crippen LogP) is 1.55. The van der Waals surface area contributed by atoms with Crippen molar-refractivity contribution in [1.82, 2.24) is 0 Å². The summed E-state index contributed by atoms with van der Waals surface area (Å²) < 4.78 is 10.7. The third-order valence-electron chi connectivity index (χ3n) is 2.27. The van der Waals surface area contributed by atoms with Crippen LogP contribution in [-0.4, -0.2) is 26.4 Å². The zero-order valence-electron chi connectivity index (χ0n) is 10.4. The molecule has 1 atom stereocenters. The first kappa shape index (κ1) is 13.7. The Labute approximate surface area is 103 Å². The van der Waals surface area contributed by atoms with Crippen molar-refractivity contribution in [3.8, 4) is 11.8 Å². The minimum atomic E-state index is 0.0792. The normalized spacial score (nSPS) is 11.7. The summed E-state index contributed by atoms with van der Waals surface area (Å²) in [6.07, 6.45) is 0.0792. The molecule has 0 aliphatic heterocycles. The molecule has 0 saturated carbocycles. The fourth-order valence-corrected chi connectivity index (χ4v) is 1.43. The molecule has 3 nitrogen and oxygen atoms in total. The highest BCUT2D eigenvalue weighted by atomic mass is 16.5. The Bertz CT molecular complexity index is 393. The van der Waals surface area contributed by atoms with Crippen molar-refractivity contribution in [2.24, 2.45) is 5.73 Å². The Morgan fingerprint density at radius 3 is 2.82 bits per heavy atom. The third-order valence-corrected chi connectivity index (χ3v) is 2.27. The molecule has 0 aliphatic rings. The maximum Gasteiger partial charge on any atom is 0.0784 e. The molecular formula is C14H19NO2. The van der Waals surface area contributed by atoms with Crippen LogP contribution in [0, 0.1) is 11.8 Å². The Kier molecular flexibility index (Phi) is 6.34. The number of methoxy groups -OCH3 is 1. The van der Waals surface area contributed by atoms with E-state index >= 15 is 0 Å². The standard InChI is InChI=1S/C14H19NO2/c1-12(10-16-2)17-11-14-7-4-3-6-13(14)8-5-9-15/h3-4,6-7,12H,9-11,15H2,1-2H3. The number of rotatable bonds is 5. The van der Waals surface area contributed by atoms with Crippen molar-refractivity contribution in [3.63, 3.8) is 0 Å². The van der Waals surface area contributed by atoms with E-state index in [9.17, 15) is 0 Å². The largest absolute Gasteiger partial charge is 0.382 e. The van der Waals surface area contributed by atoms with E-state index in [1.54, 1.807) is 7.11 Å². The summed E-state index contributed by atoms with van der Waals surface area (Å²) in [6, 6.07) is 7.93. The van der Waals surface area contributed by atoms with Gasteiger partial charge in [0.05, 0.1) is 25.9 Å². The average molecular weight is 233 g/mol. The van der Waals surface area contributed by atoms with Crippen molar-refractivity contribution in [1.29, 1.82) is 0 Å². The van der Waals surface area contributed by atoms with Crippen LogP contribution in [0.2, 0.25) is 0 Å². The lowest BCUT2D eigenvalue weighted by atomic mass is 10.1. The van der Waals surface area contributed by atoms with Crippen molar-refractivity contribution in [2.75, 3.05) is 20.3 Å². The molecule has 1 rings (SSSR count). The van der Waals surface area contributed by atoms with Gasteiger partial charge in [0.25, 0.3) is 0 Å². The fourth-order valence-electron chi connectivity index (χ4n) is 1.43. The molecule has 2 N–H and O–H groups in total. The maximum atomic E-state index is 5.67. The van der Waals surface area contributed by atoms with E-state index in [0.717, 1.165) is 11.1 Å². The van der Waals surface area contributed by atoms with Crippen LogP contribution < -0.4 is 5.73 Å². The van der Waals surface area contributed by atoms with Crippen LogP contribution in [-0.2, 0) is 16.1 Å². The van der Waals surface area contributed by atoms with Gasteiger partial charge in [0, 0.05) is 12.7 Å². The quantitative estimate of drug-likeness (QED) is 0.785. The smallest absolute Gasteiger partial charge is 0.0784 e. The van der Waals surface area contributed by atoms with Crippen LogP contribution in [0.1, 0.15) is 18.1 Å². The Morgan fingerprint density at radius 2 is 2.12 bits per heavy atom. The van der Waals surface area contributed by atoms with Crippen molar-refractivity contribution in [2.45, 2.75) is 19.6 Å². The van der Waals surface area contributed by atoms with Gasteiger partial charge < -0.3 is 15.2 Å². The summed E-state index contributed by atoms with van der Waals surface area (Å²) in [6.45, 7) is 3.49. The van der Waals surface area contributed by atoms with Gasteiger partial charge in [-0.2, -0.15) is 0 Å². The van der Waals surface area contributed by atoms with Gasteiger partial charge in [-0.25, -0.2) is 0 Å². The summed E-state index contributed by atoms with van der Waals surface area (Å²) in [5.41, 5.74) is 7.42. The van der Waals surface area contributed by atoms with Crippen molar-refractivity contribution >= 4 is 0 Å². The number of benzene rings is 1. The summed E-state index contributed by atoms with van der Waals surface area (Å²) >= 11 is 0. The molecule has 0 aliphatic carbocycles. The van der Waals surface area contributed by atoms with Crippen LogP contribution in [0.15, 0.2) is 24.3 Å². The first-order valence-corrected chi connectivity index (χ1v) is 5.65. The molecule has 1 aromatic carbocycles. The van der Waals surface area contributed by atoms with Gasteiger partial charge in [0.1, 0.15) is 0 Å². The predicted molar refractivity (Wildman–Crippen MR) is 68.5 cm³/mol. The maximum absolute atomic E-state index is 5.67. The van der Waals surface area contributed by atoms with E-state index < -0.39 is 0 Å². The fraction of sp³-hybridized carbons (Fsp3) is 0.429. The molecule has 0 spiro atoms. The van der Waals surface area contributed by atoms with Crippen LogP contribution in [0.3, 0.4) is 0 Å². The molecule has 0 heterocycles. The van der Waals surface area contributed by atoms with E-state index in [2.05, 4.69) is 11.8 Å². The van der Waals surface area contributed by atoms with E-state index in [0.29, 0.717) is 19.8 Å². The van der Waals surface area contributed by atoms with E-state index in [1.807, 2.05) is 31.2 Å². The second-order valence-corrected chi connectivity index (χ2v) is 3.74. The summed E-state index contributed by atoms with van der Waals surface area (Å²) in [7, 11) is 1.67. The second kappa shape index (κ2) is 7.86. The lowest BCUT2D eigenvalue weighted by Crippen LogP contribution is -2.14. The van der Waals surface area contributed by atoms with Gasteiger partial charge in [-0.15, -0.1) is 0 Å². The zero-order chi connectivity index (χ0) is 12.5. The van der Waals surface area contributed by atoms with E-state index in [-0.39, 0.29) is 6.10 Å². The summed E-state index contributed by atoms with van der Waals surface area (Å²) in [4.78, 5) is 0. The SMILES string of the molecule is COCC(C)OCc1ccccc1C#CCN. The van der Waals surface area contributed by atoms with Crippen LogP contribution in [0.5, 0.6) is 0 Å². The van der Waals surface area contributed by atoms with Crippen LogP contribution >= 0.6 is 0 Å². The molecule has 92 valence electrons. The number of ether oxygens (including phenoxy) is 2. The minimum absolute atomic E-state index is 0.0792. The molecular weight excluding hydrogens is 214 g/mol. The molecule has 17 heavy (non-hydrogen) atoms. The third kappa shape index (κ3) is 5.01. The number of hydrogen-bond donors (Lipinski definition) is 1. The minimum Gasteiger partial charge on any atom is -0.382 e. The van der Waals surface area contributed by atoms with Crippen LogP contribution in [0.25, 0.3) is 0 Å². The molecule has 1 unspecified atom stereocenters. The molecule has 0 bridgehead atoms. The Balaban J connectivity index is 2.63. The van der Waals surface area contributed by atoms with Crippen molar-refractivity contribution < 1.29 is 9.47 Å². The van der Waals surface area contributed by atoms with Crippen molar-refractivity contribution in [3.05, 3.63) is 35.4 Å². The first-order valence-electron chi connectivity index (χ1n) is 5.65. The monoisotopic (exact) mass is 233 g/mol. The Morgan fingerprint density at radius 1 is 1.35 bits per heavy atom. The van der Waals surface area contributed by atoms with Gasteiger partial charge in [-0.3, -0.25) is 0 Å². The molecule has 1 aromatic rings. The molecule has 0 saturated heterocycles. The molecule has 0 radical (unpaired) electrons. The summed E-state index contributed by atoms with van der Waals surface area (Å²) in [5, 5.41) is 0. The van der Waals surface area contributed by atoms with Gasteiger partial charge in [0.2, 0.25) is 0 Å². The van der Waals surface area contributed by atoms with Gasteiger partial charge in [0.15, 0.2) is 0 Å². The average Bonchev–Trinajstić information content (AvgIpc) is 2.35. The zero-order valence-corrected chi connectivity index (χ0v) is 10.4. The van der Waals surface area contributed by atoms with Gasteiger partial charge in [-0.1, -0.05) is 30.0 Å².